The van der Waals surface area contributed by atoms with Crippen molar-refractivity contribution in [2.24, 2.45) is 0 Å². The van der Waals surface area contributed by atoms with Crippen LogP contribution in [0.4, 0.5) is 5.69 Å². The van der Waals surface area contributed by atoms with E-state index < -0.39 is 0 Å². The van der Waals surface area contributed by atoms with Crippen molar-refractivity contribution in [2.45, 2.75) is 38.3 Å². The minimum Gasteiger partial charge on any atom is -0.381 e. The third-order valence-electron chi connectivity index (χ3n) is 5.62. The quantitative estimate of drug-likeness (QED) is 0.883. The Balaban J connectivity index is 1.28. The van der Waals surface area contributed by atoms with Gasteiger partial charge in [0.25, 0.3) is 5.91 Å². The summed E-state index contributed by atoms with van der Waals surface area (Å²) in [5.74, 6) is 0.0433. The van der Waals surface area contributed by atoms with Crippen LogP contribution in [0.5, 0.6) is 0 Å². The molecule has 2 aromatic rings. The van der Waals surface area contributed by atoms with Gasteiger partial charge in [0, 0.05) is 38.8 Å². The van der Waals surface area contributed by atoms with E-state index in [1.54, 1.807) is 6.20 Å². The fraction of sp³-hybridized carbons (Fsp3) is 0.455. The lowest BCUT2D eigenvalue weighted by molar-refractivity contribution is 0.0623. The molecule has 27 heavy (non-hydrogen) atoms. The zero-order chi connectivity index (χ0) is 18.5. The Labute approximate surface area is 161 Å². The third kappa shape index (κ3) is 4.66. The maximum absolute atomic E-state index is 12.7. The van der Waals surface area contributed by atoms with E-state index >= 15 is 0 Å². The van der Waals surface area contributed by atoms with Crippen molar-refractivity contribution in [3.63, 3.8) is 0 Å². The van der Waals surface area contributed by atoms with Gasteiger partial charge in [-0.15, -0.1) is 0 Å². The molecule has 1 saturated carbocycles. The highest BCUT2D eigenvalue weighted by atomic mass is 16.2. The molecule has 5 nitrogen and oxygen atoms in total. The van der Waals surface area contributed by atoms with Crippen LogP contribution >= 0.6 is 0 Å². The molecule has 1 aromatic heterocycles. The monoisotopic (exact) mass is 364 g/mol. The highest BCUT2D eigenvalue weighted by molar-refractivity contribution is 5.92. The molecule has 5 heteroatoms. The predicted octanol–water partition coefficient (Wildman–Crippen LogP) is 3.39. The molecule has 1 N–H and O–H groups in total. The fourth-order valence-electron chi connectivity index (χ4n) is 4.02. The second kappa shape index (κ2) is 8.53. The van der Waals surface area contributed by atoms with Crippen LogP contribution in [0, 0.1) is 0 Å². The van der Waals surface area contributed by atoms with Gasteiger partial charge in [0.2, 0.25) is 0 Å². The van der Waals surface area contributed by atoms with E-state index in [-0.39, 0.29) is 5.91 Å². The van der Waals surface area contributed by atoms with Crippen molar-refractivity contribution in [1.82, 2.24) is 14.8 Å². The first-order chi connectivity index (χ1) is 13.3. The number of carbonyl (C=O) groups is 1. The average Bonchev–Trinajstić information content (AvgIpc) is 3.22. The molecule has 1 saturated heterocycles. The lowest BCUT2D eigenvalue weighted by Crippen LogP contribution is -2.48. The smallest absolute Gasteiger partial charge is 0.272 e. The lowest BCUT2D eigenvalue weighted by Gasteiger charge is -2.34. The molecule has 2 fully saturated rings. The number of hydrogen-bond acceptors (Lipinski definition) is 4. The Kier molecular flexibility index (Phi) is 5.68. The maximum Gasteiger partial charge on any atom is 0.272 e. The van der Waals surface area contributed by atoms with E-state index in [4.69, 9.17) is 0 Å². The molecule has 1 amide bonds. The number of carbonyl (C=O) groups excluding carboxylic acids is 1. The molecular formula is C22H28N4O. The number of nitrogens with one attached hydrogen (secondary N) is 1. The van der Waals surface area contributed by atoms with Crippen LogP contribution in [-0.4, -0.2) is 52.9 Å². The van der Waals surface area contributed by atoms with Crippen LogP contribution in [0.1, 0.15) is 41.7 Å². The second-order valence-electron chi connectivity index (χ2n) is 7.61. The summed E-state index contributed by atoms with van der Waals surface area (Å²) in [5.41, 5.74) is 2.89. The first kappa shape index (κ1) is 18.0. The van der Waals surface area contributed by atoms with Crippen LogP contribution in [0.2, 0.25) is 0 Å². The van der Waals surface area contributed by atoms with Crippen LogP contribution < -0.4 is 5.32 Å². The highest BCUT2D eigenvalue weighted by Gasteiger charge is 2.23. The summed E-state index contributed by atoms with van der Waals surface area (Å²) >= 11 is 0. The Morgan fingerprint density at radius 1 is 1.00 bits per heavy atom. The normalized spacial score (nSPS) is 18.6. The zero-order valence-electron chi connectivity index (χ0n) is 15.8. The molecule has 4 rings (SSSR count). The van der Waals surface area contributed by atoms with Gasteiger partial charge in [-0.25, -0.2) is 4.98 Å². The van der Waals surface area contributed by atoms with Gasteiger partial charge in [-0.2, -0.15) is 0 Å². The summed E-state index contributed by atoms with van der Waals surface area (Å²) < 4.78 is 0. The minimum atomic E-state index is 0.0433. The third-order valence-corrected chi connectivity index (χ3v) is 5.62. The van der Waals surface area contributed by atoms with Crippen LogP contribution in [-0.2, 0) is 6.54 Å². The molecule has 2 heterocycles. The molecular weight excluding hydrogens is 336 g/mol. The number of piperazine rings is 1. The molecule has 142 valence electrons. The number of benzene rings is 1. The molecule has 0 unspecified atom stereocenters. The van der Waals surface area contributed by atoms with Crippen LogP contribution in [0.25, 0.3) is 0 Å². The summed E-state index contributed by atoms with van der Waals surface area (Å²) in [6.45, 7) is 4.28. The van der Waals surface area contributed by atoms with Gasteiger partial charge in [0.05, 0.1) is 11.9 Å². The van der Waals surface area contributed by atoms with Crippen molar-refractivity contribution in [3.8, 4) is 0 Å². The minimum absolute atomic E-state index is 0.0433. The molecule has 0 atom stereocenters. The van der Waals surface area contributed by atoms with E-state index in [0.29, 0.717) is 11.7 Å². The van der Waals surface area contributed by atoms with E-state index in [9.17, 15) is 4.79 Å². The Bertz CT molecular complexity index is 733. The SMILES string of the molecule is O=C(c1ccc(NC2CCCC2)cn1)N1CCN(Cc2ccccc2)CC1. The van der Waals surface area contributed by atoms with Crippen molar-refractivity contribution >= 4 is 11.6 Å². The molecule has 0 bridgehead atoms. The molecule has 1 aromatic carbocycles. The average molecular weight is 364 g/mol. The van der Waals surface area contributed by atoms with E-state index in [1.807, 2.05) is 23.1 Å². The fourth-order valence-corrected chi connectivity index (χ4v) is 4.02. The number of nitrogens with zero attached hydrogens (tertiary/aromatic N) is 3. The number of anilines is 1. The van der Waals surface area contributed by atoms with Gasteiger partial charge in [0.1, 0.15) is 5.69 Å². The highest BCUT2D eigenvalue weighted by Crippen LogP contribution is 2.22. The zero-order valence-corrected chi connectivity index (χ0v) is 15.8. The predicted molar refractivity (Wildman–Crippen MR) is 108 cm³/mol. The van der Waals surface area contributed by atoms with Gasteiger partial charge in [-0.1, -0.05) is 43.2 Å². The van der Waals surface area contributed by atoms with Crippen molar-refractivity contribution < 1.29 is 4.79 Å². The van der Waals surface area contributed by atoms with Gasteiger partial charge < -0.3 is 10.2 Å². The Morgan fingerprint density at radius 2 is 1.74 bits per heavy atom. The second-order valence-corrected chi connectivity index (χ2v) is 7.61. The number of amides is 1. The van der Waals surface area contributed by atoms with Crippen LogP contribution in [0.15, 0.2) is 48.7 Å². The molecule has 1 aliphatic carbocycles. The standard InChI is InChI=1S/C22H28N4O/c27-22(21-11-10-20(16-23-21)24-19-8-4-5-9-19)26-14-12-25(13-15-26)17-18-6-2-1-3-7-18/h1-3,6-7,10-11,16,19,24H,4-5,8-9,12-15,17H2. The number of hydrogen-bond donors (Lipinski definition) is 1. The van der Waals surface area contributed by atoms with Gasteiger partial charge in [0.15, 0.2) is 0 Å². The van der Waals surface area contributed by atoms with E-state index in [0.717, 1.165) is 38.4 Å². The van der Waals surface area contributed by atoms with Crippen molar-refractivity contribution in [1.29, 1.82) is 0 Å². The summed E-state index contributed by atoms with van der Waals surface area (Å²) in [6, 6.07) is 14.9. The maximum atomic E-state index is 12.7. The molecule has 0 radical (unpaired) electrons. The van der Waals surface area contributed by atoms with E-state index in [1.165, 1.54) is 31.2 Å². The summed E-state index contributed by atoms with van der Waals surface area (Å²) in [5, 5.41) is 3.52. The van der Waals surface area contributed by atoms with Crippen molar-refractivity contribution in [2.75, 3.05) is 31.5 Å². The lowest BCUT2D eigenvalue weighted by atomic mass is 10.2. The van der Waals surface area contributed by atoms with Crippen LogP contribution in [0.3, 0.4) is 0 Å². The summed E-state index contributed by atoms with van der Waals surface area (Å²) in [7, 11) is 0. The number of rotatable bonds is 5. The van der Waals surface area contributed by atoms with Crippen molar-refractivity contribution in [3.05, 3.63) is 59.9 Å². The van der Waals surface area contributed by atoms with E-state index in [2.05, 4.69) is 39.5 Å². The van der Waals surface area contributed by atoms with Gasteiger partial charge >= 0.3 is 0 Å². The Hall–Kier alpha value is -2.40. The van der Waals surface area contributed by atoms with Gasteiger partial charge in [-0.05, 0) is 30.5 Å². The topological polar surface area (TPSA) is 48.5 Å². The first-order valence-electron chi connectivity index (χ1n) is 10.1. The number of pyridine rings is 1. The van der Waals surface area contributed by atoms with Gasteiger partial charge in [-0.3, -0.25) is 9.69 Å². The first-order valence-corrected chi connectivity index (χ1v) is 10.1. The summed E-state index contributed by atoms with van der Waals surface area (Å²) in [4.78, 5) is 21.5. The largest absolute Gasteiger partial charge is 0.381 e. The Morgan fingerprint density at radius 3 is 2.41 bits per heavy atom. The summed E-state index contributed by atoms with van der Waals surface area (Å²) in [6.07, 6.45) is 6.87. The molecule has 2 aliphatic rings. The molecule has 1 aliphatic heterocycles. The number of aromatic nitrogens is 1. The molecule has 0 spiro atoms.